The first kappa shape index (κ1) is 18.5. The Morgan fingerprint density at radius 3 is 2.60 bits per heavy atom. The summed E-state index contributed by atoms with van der Waals surface area (Å²) in [4.78, 5) is 11.8. The molecule has 0 aliphatic carbocycles. The molecular weight excluding hydrogens is 280 g/mol. The third kappa shape index (κ3) is 5.67. The first-order valence-corrected chi connectivity index (χ1v) is 6.60. The van der Waals surface area contributed by atoms with Crippen molar-refractivity contribution in [1.29, 1.82) is 0 Å². The minimum absolute atomic E-state index is 0. The average molecular weight is 303 g/mol. The van der Waals surface area contributed by atoms with Crippen LogP contribution in [0.25, 0.3) is 0 Å². The van der Waals surface area contributed by atoms with Crippen molar-refractivity contribution in [2.24, 2.45) is 5.73 Å². The molecule has 114 valence electrons. The highest BCUT2D eigenvalue weighted by molar-refractivity contribution is 5.94. The Balaban J connectivity index is 0.00000361. The van der Waals surface area contributed by atoms with E-state index in [1.165, 1.54) is 0 Å². The normalized spacial score (nSPS) is 9.55. The van der Waals surface area contributed by atoms with E-state index in [-0.39, 0.29) is 18.3 Å². The van der Waals surface area contributed by atoms with Crippen LogP contribution >= 0.6 is 12.4 Å². The minimum Gasteiger partial charge on any atom is -0.490 e. The van der Waals surface area contributed by atoms with Gasteiger partial charge in [-0.05, 0) is 31.5 Å². The second-order valence-corrected chi connectivity index (χ2v) is 3.99. The molecule has 0 bridgehead atoms. The Morgan fingerprint density at radius 1 is 1.25 bits per heavy atom. The number of hydrogen-bond acceptors (Lipinski definition) is 4. The lowest BCUT2D eigenvalue weighted by atomic mass is 10.2. The molecule has 0 saturated heterocycles. The summed E-state index contributed by atoms with van der Waals surface area (Å²) in [5.74, 6) is 1.10. The smallest absolute Gasteiger partial charge is 0.251 e. The predicted molar refractivity (Wildman–Crippen MR) is 82.0 cm³/mol. The van der Waals surface area contributed by atoms with E-state index in [9.17, 15) is 4.79 Å². The zero-order chi connectivity index (χ0) is 14.1. The number of halogens is 1. The molecule has 5 nitrogen and oxygen atoms in total. The molecule has 0 radical (unpaired) electrons. The minimum atomic E-state index is -0.159. The zero-order valence-electron chi connectivity index (χ0n) is 12.0. The Labute approximate surface area is 126 Å². The van der Waals surface area contributed by atoms with E-state index in [1.54, 1.807) is 18.2 Å². The van der Waals surface area contributed by atoms with Gasteiger partial charge < -0.3 is 20.5 Å². The van der Waals surface area contributed by atoms with Gasteiger partial charge in [-0.1, -0.05) is 6.92 Å². The molecule has 0 unspecified atom stereocenters. The average Bonchev–Trinajstić information content (AvgIpc) is 2.43. The molecule has 0 heterocycles. The number of nitrogens with one attached hydrogen (secondary N) is 1. The zero-order valence-corrected chi connectivity index (χ0v) is 12.8. The number of carbonyl (C=O) groups is 1. The van der Waals surface area contributed by atoms with Crippen molar-refractivity contribution in [3.05, 3.63) is 23.8 Å². The molecule has 0 aliphatic heterocycles. The lowest BCUT2D eigenvalue weighted by Gasteiger charge is -2.13. The summed E-state index contributed by atoms with van der Waals surface area (Å²) in [5, 5.41) is 2.72. The van der Waals surface area contributed by atoms with Gasteiger partial charge in [0.15, 0.2) is 11.5 Å². The second-order valence-electron chi connectivity index (χ2n) is 3.99. The lowest BCUT2D eigenvalue weighted by molar-refractivity contribution is 0.0954. The third-order valence-electron chi connectivity index (χ3n) is 2.40. The highest BCUT2D eigenvalue weighted by Gasteiger charge is 2.11. The van der Waals surface area contributed by atoms with Gasteiger partial charge in [0.2, 0.25) is 0 Å². The van der Waals surface area contributed by atoms with E-state index in [2.05, 4.69) is 5.32 Å². The summed E-state index contributed by atoms with van der Waals surface area (Å²) in [6.45, 7) is 5.95. The van der Waals surface area contributed by atoms with E-state index < -0.39 is 0 Å². The van der Waals surface area contributed by atoms with Gasteiger partial charge in [-0.2, -0.15) is 0 Å². The van der Waals surface area contributed by atoms with E-state index in [4.69, 9.17) is 15.2 Å². The van der Waals surface area contributed by atoms with Crippen LogP contribution < -0.4 is 20.5 Å². The van der Waals surface area contributed by atoms with Crippen molar-refractivity contribution in [2.75, 3.05) is 26.3 Å². The molecule has 0 atom stereocenters. The van der Waals surface area contributed by atoms with Gasteiger partial charge in [0.05, 0.1) is 13.2 Å². The van der Waals surface area contributed by atoms with Gasteiger partial charge in [-0.25, -0.2) is 0 Å². The van der Waals surface area contributed by atoms with Crippen LogP contribution in [0.2, 0.25) is 0 Å². The highest BCUT2D eigenvalue weighted by atomic mass is 35.5. The number of amides is 1. The van der Waals surface area contributed by atoms with Gasteiger partial charge in [0, 0.05) is 18.7 Å². The van der Waals surface area contributed by atoms with Crippen LogP contribution in [0.4, 0.5) is 0 Å². The first-order chi connectivity index (χ1) is 9.22. The van der Waals surface area contributed by atoms with Crippen LogP contribution in [0.1, 0.15) is 30.6 Å². The molecule has 1 aromatic carbocycles. The molecule has 0 spiro atoms. The Morgan fingerprint density at radius 2 is 2.00 bits per heavy atom. The second kappa shape index (κ2) is 10.3. The van der Waals surface area contributed by atoms with Crippen LogP contribution in [-0.4, -0.2) is 32.2 Å². The number of benzene rings is 1. The molecule has 1 amide bonds. The van der Waals surface area contributed by atoms with Crippen molar-refractivity contribution in [3.8, 4) is 11.5 Å². The quantitative estimate of drug-likeness (QED) is 0.770. The van der Waals surface area contributed by atoms with E-state index >= 15 is 0 Å². The van der Waals surface area contributed by atoms with Crippen molar-refractivity contribution in [2.45, 2.75) is 20.3 Å². The van der Waals surface area contributed by atoms with Crippen molar-refractivity contribution >= 4 is 18.3 Å². The maximum Gasteiger partial charge on any atom is 0.251 e. The van der Waals surface area contributed by atoms with Crippen molar-refractivity contribution in [3.63, 3.8) is 0 Å². The van der Waals surface area contributed by atoms with Crippen LogP contribution in [0.3, 0.4) is 0 Å². The molecule has 6 heteroatoms. The van der Waals surface area contributed by atoms with Crippen molar-refractivity contribution < 1.29 is 14.3 Å². The number of nitrogens with two attached hydrogens (primary N) is 1. The van der Waals surface area contributed by atoms with Gasteiger partial charge in [0.1, 0.15) is 0 Å². The molecule has 0 aromatic heterocycles. The molecule has 0 saturated carbocycles. The molecule has 0 fully saturated rings. The van der Waals surface area contributed by atoms with Crippen LogP contribution in [0, 0.1) is 0 Å². The Kier molecular flexibility index (Phi) is 9.59. The van der Waals surface area contributed by atoms with Crippen LogP contribution in [0.15, 0.2) is 18.2 Å². The number of hydrogen-bond donors (Lipinski definition) is 2. The largest absolute Gasteiger partial charge is 0.490 e. The summed E-state index contributed by atoms with van der Waals surface area (Å²) in [5.41, 5.74) is 5.89. The first-order valence-electron chi connectivity index (χ1n) is 6.60. The third-order valence-corrected chi connectivity index (χ3v) is 2.40. The van der Waals surface area contributed by atoms with Crippen LogP contribution in [-0.2, 0) is 0 Å². The molecule has 3 N–H and O–H groups in total. The fourth-order valence-electron chi connectivity index (χ4n) is 1.54. The summed E-state index contributed by atoms with van der Waals surface area (Å²) < 4.78 is 11.1. The topological polar surface area (TPSA) is 73.6 Å². The summed E-state index contributed by atoms with van der Waals surface area (Å²) >= 11 is 0. The predicted octanol–water partition coefficient (Wildman–Crippen LogP) is 1.98. The summed E-state index contributed by atoms with van der Waals surface area (Å²) in [6.07, 6.45) is 0.921. The van der Waals surface area contributed by atoms with Gasteiger partial charge in [-0.3, -0.25) is 4.79 Å². The number of carbonyl (C=O) groups excluding carboxylic acids is 1. The highest BCUT2D eigenvalue weighted by Crippen LogP contribution is 2.28. The Bertz CT molecular complexity index is 413. The monoisotopic (exact) mass is 302 g/mol. The number of rotatable bonds is 8. The van der Waals surface area contributed by atoms with E-state index in [0.29, 0.717) is 43.4 Å². The van der Waals surface area contributed by atoms with E-state index in [1.807, 2.05) is 13.8 Å². The fraction of sp³-hybridized carbons (Fsp3) is 0.500. The van der Waals surface area contributed by atoms with Crippen LogP contribution in [0.5, 0.6) is 11.5 Å². The fourth-order valence-corrected chi connectivity index (χ4v) is 1.54. The Hall–Kier alpha value is -1.46. The SMILES string of the molecule is CCCOc1ccc(C(=O)NCCN)cc1OCC.Cl. The van der Waals surface area contributed by atoms with Gasteiger partial charge in [0.25, 0.3) is 5.91 Å². The molecular formula is C14H23ClN2O3. The lowest BCUT2D eigenvalue weighted by Crippen LogP contribution is -2.28. The molecule has 0 aliphatic rings. The summed E-state index contributed by atoms with van der Waals surface area (Å²) in [7, 11) is 0. The molecule has 1 rings (SSSR count). The molecule has 20 heavy (non-hydrogen) atoms. The van der Waals surface area contributed by atoms with E-state index in [0.717, 1.165) is 6.42 Å². The van der Waals surface area contributed by atoms with Crippen molar-refractivity contribution in [1.82, 2.24) is 5.32 Å². The molecule has 1 aromatic rings. The summed E-state index contributed by atoms with van der Waals surface area (Å²) in [6, 6.07) is 5.18. The maximum atomic E-state index is 11.8. The van der Waals surface area contributed by atoms with Gasteiger partial charge >= 0.3 is 0 Å². The number of ether oxygens (including phenoxy) is 2. The maximum absolute atomic E-state index is 11.8. The van der Waals surface area contributed by atoms with Gasteiger partial charge in [-0.15, -0.1) is 12.4 Å². The standard InChI is InChI=1S/C14H22N2O3.ClH/c1-3-9-19-12-6-5-11(10-13(12)18-4-2)14(17)16-8-7-15;/h5-6,10H,3-4,7-9,15H2,1-2H3,(H,16,17);1H.